The lowest BCUT2D eigenvalue weighted by Crippen LogP contribution is -2.20. The highest BCUT2D eigenvalue weighted by Gasteiger charge is 2.20. The van der Waals surface area contributed by atoms with Gasteiger partial charge in [0.2, 0.25) is 0 Å². The summed E-state index contributed by atoms with van der Waals surface area (Å²) in [7, 11) is 2.11. The van der Waals surface area contributed by atoms with Crippen LogP contribution in [0.3, 0.4) is 0 Å². The molecule has 1 aromatic heterocycles. The number of nitrogens with zero attached hydrogens (tertiary/aromatic N) is 3. The second kappa shape index (κ2) is 5.63. The topological polar surface area (TPSA) is 58.1 Å². The van der Waals surface area contributed by atoms with Crippen LogP contribution in [0.2, 0.25) is 5.15 Å². The van der Waals surface area contributed by atoms with Crippen molar-refractivity contribution >= 4 is 23.7 Å². The Morgan fingerprint density at radius 3 is 2.94 bits per heavy atom. The van der Waals surface area contributed by atoms with Crippen molar-refractivity contribution in [2.45, 2.75) is 13.3 Å². The van der Waals surface area contributed by atoms with Crippen LogP contribution in [0.5, 0.6) is 0 Å². The molecule has 1 atom stereocenters. The number of anilines is 1. The summed E-state index contributed by atoms with van der Waals surface area (Å²) in [6.07, 6.45) is 1.86. The number of aromatic nitrogens is 2. The Kier molecular flexibility index (Phi) is 4.14. The summed E-state index contributed by atoms with van der Waals surface area (Å²) >= 11 is 5.92. The Balaban J connectivity index is 2.06. The van der Waals surface area contributed by atoms with Crippen molar-refractivity contribution in [3.05, 3.63) is 16.5 Å². The zero-order valence-electron chi connectivity index (χ0n) is 10.6. The zero-order valence-corrected chi connectivity index (χ0v) is 11.4. The van der Waals surface area contributed by atoms with E-state index in [1.807, 2.05) is 0 Å². The molecule has 0 spiro atoms. The minimum absolute atomic E-state index is 0.212. The van der Waals surface area contributed by atoms with Gasteiger partial charge in [-0.05, 0) is 32.9 Å². The van der Waals surface area contributed by atoms with Crippen LogP contribution >= 0.6 is 11.6 Å². The highest BCUT2D eigenvalue weighted by Crippen LogP contribution is 2.20. The molecular weight excluding hydrogens is 252 g/mol. The molecule has 0 saturated carbocycles. The van der Waals surface area contributed by atoms with Gasteiger partial charge in [-0.25, -0.2) is 9.97 Å². The molecule has 1 aliphatic heterocycles. The highest BCUT2D eigenvalue weighted by atomic mass is 35.5. The highest BCUT2D eigenvalue weighted by molar-refractivity contribution is 6.32. The molecule has 1 fully saturated rings. The first-order valence-corrected chi connectivity index (χ1v) is 6.39. The molecule has 6 heteroatoms. The van der Waals surface area contributed by atoms with E-state index in [0.717, 1.165) is 26.1 Å². The Morgan fingerprint density at radius 1 is 1.56 bits per heavy atom. The van der Waals surface area contributed by atoms with E-state index in [0.29, 0.717) is 29.4 Å². The van der Waals surface area contributed by atoms with Crippen LogP contribution in [-0.2, 0) is 0 Å². The van der Waals surface area contributed by atoms with Crippen LogP contribution in [0.4, 0.5) is 5.82 Å². The second-order valence-corrected chi connectivity index (χ2v) is 5.10. The summed E-state index contributed by atoms with van der Waals surface area (Å²) in [5.74, 6) is 1.69. The molecule has 5 nitrogen and oxygen atoms in total. The normalized spacial score (nSPS) is 20.1. The van der Waals surface area contributed by atoms with Gasteiger partial charge in [0, 0.05) is 13.1 Å². The molecule has 0 aliphatic carbocycles. The first-order chi connectivity index (χ1) is 8.60. The maximum Gasteiger partial charge on any atom is 0.156 e. The summed E-state index contributed by atoms with van der Waals surface area (Å²) < 4.78 is 0. The Labute approximate surface area is 112 Å². The average molecular weight is 269 g/mol. The molecule has 1 N–H and O–H groups in total. The lowest BCUT2D eigenvalue weighted by molar-refractivity contribution is 0.112. The predicted octanol–water partition coefficient (Wildman–Crippen LogP) is 1.61. The van der Waals surface area contributed by atoms with Crippen LogP contribution in [0, 0.1) is 12.8 Å². The molecule has 2 heterocycles. The number of carbonyl (C=O) groups excluding carboxylic acids is 1. The van der Waals surface area contributed by atoms with Crippen molar-refractivity contribution in [3.63, 3.8) is 0 Å². The lowest BCUT2D eigenvalue weighted by atomic mass is 10.1. The fourth-order valence-electron chi connectivity index (χ4n) is 2.22. The summed E-state index contributed by atoms with van der Waals surface area (Å²) in [4.78, 5) is 21.5. The Bertz CT molecular complexity index is 452. The number of hydrogen-bond acceptors (Lipinski definition) is 5. The van der Waals surface area contributed by atoms with Crippen LogP contribution in [-0.4, -0.2) is 47.8 Å². The smallest absolute Gasteiger partial charge is 0.156 e. The summed E-state index contributed by atoms with van der Waals surface area (Å²) in [5.41, 5.74) is 0.341. The minimum atomic E-state index is 0.212. The minimum Gasteiger partial charge on any atom is -0.369 e. The molecule has 0 radical (unpaired) electrons. The van der Waals surface area contributed by atoms with Gasteiger partial charge in [-0.3, -0.25) is 4.79 Å². The van der Waals surface area contributed by atoms with Crippen molar-refractivity contribution in [1.29, 1.82) is 0 Å². The van der Waals surface area contributed by atoms with Crippen molar-refractivity contribution in [3.8, 4) is 0 Å². The number of rotatable bonds is 4. The first-order valence-electron chi connectivity index (χ1n) is 6.02. The van der Waals surface area contributed by atoms with E-state index < -0.39 is 0 Å². The zero-order chi connectivity index (χ0) is 13.1. The quantitative estimate of drug-likeness (QED) is 0.664. The van der Waals surface area contributed by atoms with Gasteiger partial charge in [-0.1, -0.05) is 11.6 Å². The van der Waals surface area contributed by atoms with Crippen LogP contribution in [0.1, 0.15) is 22.6 Å². The Morgan fingerprint density at radius 2 is 2.33 bits per heavy atom. The molecule has 2 rings (SSSR count). The number of nitrogens with one attached hydrogen (secondary N) is 1. The standard InChI is InChI=1S/C12H17ClN4O/c1-8-15-11(13)10(7-18)12(16-8)14-5-9-3-4-17(2)6-9/h7,9H,3-6H2,1-2H3,(H,14,15,16). The van der Waals surface area contributed by atoms with Gasteiger partial charge in [-0.2, -0.15) is 0 Å². The second-order valence-electron chi connectivity index (χ2n) is 4.74. The van der Waals surface area contributed by atoms with Gasteiger partial charge in [0.25, 0.3) is 0 Å². The molecule has 1 saturated heterocycles. The van der Waals surface area contributed by atoms with Gasteiger partial charge in [0.1, 0.15) is 16.8 Å². The van der Waals surface area contributed by atoms with E-state index >= 15 is 0 Å². The molecule has 0 aromatic carbocycles. The van der Waals surface area contributed by atoms with Crippen molar-refractivity contribution in [1.82, 2.24) is 14.9 Å². The van der Waals surface area contributed by atoms with Crippen LogP contribution in [0.15, 0.2) is 0 Å². The third-order valence-corrected chi connectivity index (χ3v) is 3.46. The number of aldehydes is 1. The van der Waals surface area contributed by atoms with E-state index in [9.17, 15) is 4.79 Å². The summed E-state index contributed by atoms with van der Waals surface area (Å²) in [5, 5.41) is 3.43. The van der Waals surface area contributed by atoms with Crippen molar-refractivity contribution in [2.24, 2.45) is 5.92 Å². The third kappa shape index (κ3) is 2.97. The van der Waals surface area contributed by atoms with Gasteiger partial charge in [0.15, 0.2) is 6.29 Å². The average Bonchev–Trinajstić information content (AvgIpc) is 2.72. The third-order valence-electron chi connectivity index (χ3n) is 3.18. The molecular formula is C12H17ClN4O. The molecule has 98 valence electrons. The van der Waals surface area contributed by atoms with Gasteiger partial charge < -0.3 is 10.2 Å². The van der Waals surface area contributed by atoms with Gasteiger partial charge >= 0.3 is 0 Å². The number of aryl methyl sites for hydroxylation is 1. The number of carbonyl (C=O) groups is 1. The maximum atomic E-state index is 11.0. The number of halogens is 1. The van der Waals surface area contributed by atoms with Crippen LogP contribution in [0.25, 0.3) is 0 Å². The maximum absolute atomic E-state index is 11.0. The van der Waals surface area contributed by atoms with Gasteiger partial charge in [-0.15, -0.1) is 0 Å². The molecule has 18 heavy (non-hydrogen) atoms. The monoisotopic (exact) mass is 268 g/mol. The van der Waals surface area contributed by atoms with Crippen molar-refractivity contribution in [2.75, 3.05) is 32.0 Å². The molecule has 1 aromatic rings. The fraction of sp³-hybridized carbons (Fsp3) is 0.583. The molecule has 0 bridgehead atoms. The Hall–Kier alpha value is -1.20. The fourth-order valence-corrected chi connectivity index (χ4v) is 2.48. The number of hydrogen-bond donors (Lipinski definition) is 1. The van der Waals surface area contributed by atoms with E-state index in [4.69, 9.17) is 11.6 Å². The summed E-state index contributed by atoms with van der Waals surface area (Å²) in [6.45, 7) is 4.75. The predicted molar refractivity (Wildman–Crippen MR) is 71.3 cm³/mol. The van der Waals surface area contributed by atoms with Gasteiger partial charge in [0.05, 0.1) is 5.56 Å². The van der Waals surface area contributed by atoms with E-state index in [1.165, 1.54) is 0 Å². The van der Waals surface area contributed by atoms with E-state index in [2.05, 4.69) is 27.2 Å². The number of likely N-dealkylation sites (tertiary alicyclic amines) is 1. The summed E-state index contributed by atoms with van der Waals surface area (Å²) in [6, 6.07) is 0. The largest absolute Gasteiger partial charge is 0.369 e. The lowest BCUT2D eigenvalue weighted by Gasteiger charge is -2.14. The molecule has 0 amide bonds. The van der Waals surface area contributed by atoms with E-state index in [-0.39, 0.29) is 5.15 Å². The molecule has 1 unspecified atom stereocenters. The first kappa shape index (κ1) is 13.2. The SMILES string of the molecule is Cc1nc(Cl)c(C=O)c(NCC2CCN(C)C2)n1. The molecule has 1 aliphatic rings. The van der Waals surface area contributed by atoms with Crippen molar-refractivity contribution < 1.29 is 4.79 Å². The van der Waals surface area contributed by atoms with Crippen LogP contribution < -0.4 is 5.32 Å². The van der Waals surface area contributed by atoms with E-state index in [1.54, 1.807) is 6.92 Å².